The molecule has 2 aliphatic heterocycles. The first kappa shape index (κ1) is 23.4. The van der Waals surface area contributed by atoms with Crippen LogP contribution in [-0.2, 0) is 31.8 Å². The number of halogens is 3. The Balaban J connectivity index is 2.01. The molecule has 1 N–H and O–H groups in total. The van der Waals surface area contributed by atoms with Crippen molar-refractivity contribution >= 4 is 11.9 Å². The van der Waals surface area contributed by atoms with Crippen LogP contribution in [0.25, 0.3) is 0 Å². The van der Waals surface area contributed by atoms with Gasteiger partial charge in [0.2, 0.25) is 5.88 Å². The Kier molecular flexibility index (Phi) is 6.83. The van der Waals surface area contributed by atoms with Crippen LogP contribution in [0.4, 0.5) is 13.2 Å². The number of aromatic nitrogens is 1. The first-order chi connectivity index (χ1) is 21.6. The number of nitrogens with zero attached hydrogens (tertiary/aromatic N) is 2. The number of carboxylic acid groups (broad SMARTS) is 1. The van der Waals surface area contributed by atoms with E-state index in [1.165, 1.54) is 31.4 Å². The molecule has 1 amide bonds. The molecule has 0 spiro atoms. The van der Waals surface area contributed by atoms with Crippen molar-refractivity contribution in [3.63, 3.8) is 0 Å². The SMILES string of the molecule is [2H][C@@H]1CCCO[C@]1([2H])C(=O)N1[C@@H](c2ccccc2C([2H])([2H])[2H])[C@@H](OCc2cc(C(F)(F)F)cnc2OC)[C@H](C(C)(C)C)[C@@]1([2H])C(=O)O. The Morgan fingerprint density at radius 1 is 1.27 bits per heavy atom. The maximum atomic E-state index is 14.5. The summed E-state index contributed by atoms with van der Waals surface area (Å²) >= 11 is 0. The quantitative estimate of drug-likeness (QED) is 0.454. The number of benzene rings is 1. The second-order valence-corrected chi connectivity index (χ2v) is 11.0. The molecule has 3 heterocycles. The van der Waals surface area contributed by atoms with Crippen molar-refractivity contribution in [1.82, 2.24) is 9.88 Å². The number of aliphatic carboxylic acids is 1. The molecule has 11 heteroatoms. The lowest BCUT2D eigenvalue weighted by Gasteiger charge is -2.35. The van der Waals surface area contributed by atoms with Crippen LogP contribution in [0.3, 0.4) is 0 Å². The van der Waals surface area contributed by atoms with Gasteiger partial charge in [0.15, 0.2) is 0 Å². The fourth-order valence-electron chi connectivity index (χ4n) is 5.37. The van der Waals surface area contributed by atoms with E-state index in [4.69, 9.17) is 21.1 Å². The zero-order chi connectivity index (χ0) is 35.3. The van der Waals surface area contributed by atoms with Crippen LogP contribution in [0.15, 0.2) is 36.5 Å². The molecule has 0 aliphatic carbocycles. The number of carbonyl (C=O) groups excluding carboxylic acids is 1. The second-order valence-electron chi connectivity index (χ2n) is 11.0. The van der Waals surface area contributed by atoms with E-state index >= 15 is 0 Å². The third kappa shape index (κ3) is 6.35. The number of alkyl halides is 3. The number of rotatable bonds is 7. The largest absolute Gasteiger partial charge is 0.481 e. The number of carbonyl (C=O) groups is 2. The van der Waals surface area contributed by atoms with Gasteiger partial charge in [0.25, 0.3) is 5.91 Å². The van der Waals surface area contributed by atoms with E-state index in [2.05, 4.69) is 4.98 Å². The van der Waals surface area contributed by atoms with Crippen molar-refractivity contribution in [3.05, 3.63) is 58.8 Å². The Hall–Kier alpha value is -3.18. The number of hydrogen-bond acceptors (Lipinski definition) is 6. The highest BCUT2D eigenvalue weighted by Crippen LogP contribution is 2.51. The highest BCUT2D eigenvalue weighted by Gasteiger charge is 2.59. The van der Waals surface area contributed by atoms with E-state index in [0.29, 0.717) is 17.5 Å². The summed E-state index contributed by atoms with van der Waals surface area (Å²) in [6, 6.07) is 1.58. The lowest BCUT2D eigenvalue weighted by Crippen LogP contribution is -2.51. The number of ether oxygens (including phenoxy) is 3. The fraction of sp³-hybridized carbons (Fsp3) is 0.567. The molecular formula is C30H37F3N2O6. The van der Waals surface area contributed by atoms with Gasteiger partial charge in [-0.2, -0.15) is 13.2 Å². The molecule has 2 aliphatic rings. The topological polar surface area (TPSA) is 98.2 Å². The molecule has 41 heavy (non-hydrogen) atoms. The van der Waals surface area contributed by atoms with Crippen molar-refractivity contribution in [2.75, 3.05) is 13.7 Å². The Morgan fingerprint density at radius 2 is 2.00 bits per heavy atom. The first-order valence-corrected chi connectivity index (χ1v) is 13.0. The maximum Gasteiger partial charge on any atom is 0.417 e. The van der Waals surface area contributed by atoms with E-state index in [0.717, 1.165) is 6.07 Å². The molecule has 2 aromatic rings. The Labute approximate surface area is 246 Å². The summed E-state index contributed by atoms with van der Waals surface area (Å²) in [5.74, 6) is -4.89. The number of methoxy groups -OCH3 is 1. The van der Waals surface area contributed by atoms with Crippen LogP contribution in [0.5, 0.6) is 5.88 Å². The maximum absolute atomic E-state index is 14.5. The van der Waals surface area contributed by atoms with Gasteiger partial charge in [-0.15, -0.1) is 0 Å². The first-order valence-electron chi connectivity index (χ1n) is 16.1. The second kappa shape index (κ2) is 12.0. The summed E-state index contributed by atoms with van der Waals surface area (Å²) in [6.07, 6.45) is -9.49. The molecular weight excluding hydrogens is 541 g/mol. The summed E-state index contributed by atoms with van der Waals surface area (Å²) in [5, 5.41) is 10.7. The van der Waals surface area contributed by atoms with Crippen LogP contribution in [0.2, 0.25) is 0 Å². The minimum absolute atomic E-state index is 0.0582. The van der Waals surface area contributed by atoms with Gasteiger partial charge in [-0.05, 0) is 48.7 Å². The third-order valence-electron chi connectivity index (χ3n) is 7.15. The number of pyridine rings is 1. The predicted molar refractivity (Wildman–Crippen MR) is 143 cm³/mol. The summed E-state index contributed by atoms with van der Waals surface area (Å²) < 4.78 is 109. The zero-order valence-electron chi connectivity index (χ0n) is 29.1. The van der Waals surface area contributed by atoms with Gasteiger partial charge in [0.1, 0.15) is 12.1 Å². The molecule has 8 nitrogen and oxygen atoms in total. The van der Waals surface area contributed by atoms with E-state index in [1.807, 2.05) is 0 Å². The minimum Gasteiger partial charge on any atom is -0.481 e. The highest BCUT2D eigenvalue weighted by molar-refractivity contribution is 5.88. The van der Waals surface area contributed by atoms with Gasteiger partial charge in [0.05, 0.1) is 34.2 Å². The van der Waals surface area contributed by atoms with Gasteiger partial charge < -0.3 is 24.2 Å². The molecule has 224 valence electrons. The average molecular weight is 585 g/mol. The van der Waals surface area contributed by atoms with E-state index in [-0.39, 0.29) is 35.6 Å². The van der Waals surface area contributed by atoms with Crippen molar-refractivity contribution in [3.8, 4) is 5.88 Å². The Bertz CT molecular complexity index is 1510. The van der Waals surface area contributed by atoms with Crippen LogP contribution in [-0.4, -0.2) is 58.8 Å². The van der Waals surface area contributed by atoms with Crippen LogP contribution < -0.4 is 4.74 Å². The molecule has 0 unspecified atom stereocenters. The molecule has 6 atom stereocenters. The normalized spacial score (nSPS) is 33.1. The van der Waals surface area contributed by atoms with Crippen molar-refractivity contribution in [1.29, 1.82) is 0 Å². The van der Waals surface area contributed by atoms with E-state index in [1.54, 1.807) is 20.8 Å². The van der Waals surface area contributed by atoms with Crippen molar-refractivity contribution < 1.29 is 50.3 Å². The van der Waals surface area contributed by atoms with Gasteiger partial charge in [-0.3, -0.25) is 4.79 Å². The molecule has 2 saturated heterocycles. The minimum atomic E-state index is -4.78. The summed E-state index contributed by atoms with van der Waals surface area (Å²) in [4.78, 5) is 32.0. The summed E-state index contributed by atoms with van der Waals surface area (Å²) in [7, 11) is 1.18. The lowest BCUT2D eigenvalue weighted by atomic mass is 9.73. The molecule has 2 fully saturated rings. The number of likely N-dealkylation sites (tertiary alicyclic amines) is 1. The molecule has 1 aromatic heterocycles. The molecule has 0 radical (unpaired) electrons. The molecule has 1 aromatic carbocycles. The van der Waals surface area contributed by atoms with Crippen molar-refractivity contribution in [2.45, 2.75) is 83.9 Å². The Morgan fingerprint density at radius 3 is 2.61 bits per heavy atom. The average Bonchev–Trinajstić information content (AvgIpc) is 3.25. The molecule has 4 rings (SSSR count). The zero-order valence-corrected chi connectivity index (χ0v) is 23.1. The van der Waals surface area contributed by atoms with Crippen LogP contribution in [0, 0.1) is 18.2 Å². The smallest absolute Gasteiger partial charge is 0.417 e. The van der Waals surface area contributed by atoms with Gasteiger partial charge in [-0.25, -0.2) is 9.78 Å². The number of carboxylic acids is 1. The van der Waals surface area contributed by atoms with Gasteiger partial charge >= 0.3 is 12.1 Å². The van der Waals surface area contributed by atoms with Crippen LogP contribution in [0.1, 0.15) is 76.5 Å². The monoisotopic (exact) mass is 584 g/mol. The van der Waals surface area contributed by atoms with Crippen LogP contribution >= 0.6 is 0 Å². The number of aryl methyl sites for hydroxylation is 1. The van der Waals surface area contributed by atoms with E-state index in [9.17, 15) is 29.2 Å². The predicted octanol–water partition coefficient (Wildman–Crippen LogP) is 5.57. The molecule has 0 bridgehead atoms. The van der Waals surface area contributed by atoms with E-state index < -0.39 is 79.0 Å². The number of hydrogen-bond donors (Lipinski definition) is 1. The van der Waals surface area contributed by atoms with Gasteiger partial charge in [0, 0.05) is 29.8 Å². The lowest BCUT2D eigenvalue weighted by molar-refractivity contribution is -0.159. The van der Waals surface area contributed by atoms with Gasteiger partial charge in [-0.1, -0.05) is 45.0 Å². The highest BCUT2D eigenvalue weighted by atomic mass is 19.4. The fourth-order valence-corrected chi connectivity index (χ4v) is 5.37. The summed E-state index contributed by atoms with van der Waals surface area (Å²) in [5.41, 5.74) is -2.92. The molecule has 0 saturated carbocycles. The number of amides is 1. The summed E-state index contributed by atoms with van der Waals surface area (Å²) in [6.45, 7) is 1.15. The van der Waals surface area contributed by atoms with Crippen molar-refractivity contribution in [2.24, 2.45) is 11.3 Å². The standard InChI is InChI=1S/C30H37F3N2O6/c1-17-10-6-7-11-20(17)23-25(41-16-18-14-19(30(31,32)33)15-34-26(18)39-5)22(29(2,3)4)24(28(37)38)35(23)27(36)21-12-8-9-13-40-21/h6-7,10-11,14-15,21-25H,8-9,12-13,16H2,1-5H3,(H,37,38)/t21-,22+,23-,24-,25-/m0/s1/i1D3,12D,21D,24D/t12-,21+,22-,23+,24+,25+/m1. The third-order valence-corrected chi connectivity index (χ3v) is 7.15.